The van der Waals surface area contributed by atoms with Crippen molar-refractivity contribution in [3.05, 3.63) is 68.7 Å². The average Bonchev–Trinajstić information content (AvgIpc) is 2.42. The van der Waals surface area contributed by atoms with Crippen LogP contribution in [0.2, 0.25) is 5.02 Å². The van der Waals surface area contributed by atoms with E-state index in [9.17, 15) is 0 Å². The Morgan fingerprint density at radius 3 is 2.15 bits per heavy atom. The van der Waals surface area contributed by atoms with Crippen LogP contribution in [-0.2, 0) is 0 Å². The first-order valence-electron chi connectivity index (χ1n) is 6.54. The lowest BCUT2D eigenvalue weighted by molar-refractivity contribution is 0.636. The molecule has 0 aliphatic carbocycles. The van der Waals surface area contributed by atoms with Crippen molar-refractivity contribution in [1.29, 1.82) is 0 Å². The van der Waals surface area contributed by atoms with Gasteiger partial charge in [-0.2, -0.15) is 0 Å². The summed E-state index contributed by atoms with van der Waals surface area (Å²) in [5, 5.41) is 0.690. The van der Waals surface area contributed by atoms with E-state index in [0.29, 0.717) is 10.9 Å². The molecule has 2 rings (SSSR count). The van der Waals surface area contributed by atoms with Crippen molar-refractivity contribution < 1.29 is 0 Å². The number of hydrogen-bond donors (Lipinski definition) is 2. The number of nitrogens with two attached hydrogens (primary N) is 1. The molecule has 0 bridgehead atoms. The van der Waals surface area contributed by atoms with Crippen LogP contribution in [0.1, 0.15) is 42.5 Å². The van der Waals surface area contributed by atoms with Gasteiger partial charge in [0.15, 0.2) is 0 Å². The molecule has 0 spiro atoms. The van der Waals surface area contributed by atoms with Crippen LogP contribution in [0.25, 0.3) is 0 Å². The van der Waals surface area contributed by atoms with Crippen LogP contribution >= 0.6 is 27.5 Å². The molecule has 2 aromatic carbocycles. The van der Waals surface area contributed by atoms with Gasteiger partial charge in [0.05, 0.1) is 6.04 Å². The third-order valence-corrected chi connectivity index (χ3v) is 4.20. The molecule has 1 atom stereocenters. The van der Waals surface area contributed by atoms with E-state index in [4.69, 9.17) is 17.4 Å². The molecule has 0 radical (unpaired) electrons. The first-order valence-corrected chi connectivity index (χ1v) is 7.71. The molecule has 0 aliphatic heterocycles. The first kappa shape index (κ1) is 15.5. The maximum Gasteiger partial charge on any atom is 0.0724 e. The van der Waals surface area contributed by atoms with E-state index >= 15 is 0 Å². The molecule has 0 fully saturated rings. The summed E-state index contributed by atoms with van der Waals surface area (Å²) in [5.74, 6) is 6.24. The highest BCUT2D eigenvalue weighted by Crippen LogP contribution is 2.30. The lowest BCUT2D eigenvalue weighted by atomic mass is 9.95. The normalized spacial score (nSPS) is 12.7. The van der Waals surface area contributed by atoms with Crippen LogP contribution in [0.4, 0.5) is 0 Å². The lowest BCUT2D eigenvalue weighted by Crippen LogP contribution is -2.29. The molecular weight excluding hydrogens is 336 g/mol. The Morgan fingerprint density at radius 2 is 1.65 bits per heavy atom. The predicted octanol–water partition coefficient (Wildman–Crippen LogP) is 4.78. The number of halogens is 2. The number of hydrazine groups is 1. The van der Waals surface area contributed by atoms with Gasteiger partial charge in [0.1, 0.15) is 0 Å². The molecule has 0 saturated heterocycles. The molecule has 2 nitrogen and oxygen atoms in total. The largest absolute Gasteiger partial charge is 0.271 e. The lowest BCUT2D eigenvalue weighted by Gasteiger charge is -2.19. The second-order valence-corrected chi connectivity index (χ2v) is 6.41. The van der Waals surface area contributed by atoms with Crippen LogP contribution < -0.4 is 11.3 Å². The molecule has 3 N–H and O–H groups in total. The second-order valence-electron chi connectivity index (χ2n) is 5.09. The van der Waals surface area contributed by atoms with E-state index in [1.807, 2.05) is 18.2 Å². The van der Waals surface area contributed by atoms with Crippen molar-refractivity contribution in [2.45, 2.75) is 25.8 Å². The van der Waals surface area contributed by atoms with Gasteiger partial charge >= 0.3 is 0 Å². The van der Waals surface area contributed by atoms with E-state index < -0.39 is 0 Å². The topological polar surface area (TPSA) is 38.0 Å². The Kier molecular flexibility index (Phi) is 5.22. The summed E-state index contributed by atoms with van der Waals surface area (Å²) < 4.78 is 0.956. The van der Waals surface area contributed by atoms with Gasteiger partial charge < -0.3 is 0 Å². The molecule has 1 unspecified atom stereocenters. The Bertz CT molecular complexity index is 582. The van der Waals surface area contributed by atoms with E-state index in [0.717, 1.165) is 15.6 Å². The fourth-order valence-corrected chi connectivity index (χ4v) is 2.96. The fourth-order valence-electron chi connectivity index (χ4n) is 2.17. The van der Waals surface area contributed by atoms with Crippen molar-refractivity contribution in [3.8, 4) is 0 Å². The molecule has 0 heterocycles. The van der Waals surface area contributed by atoms with Gasteiger partial charge in [0.25, 0.3) is 0 Å². The van der Waals surface area contributed by atoms with E-state index in [2.05, 4.69) is 59.5 Å². The molecule has 106 valence electrons. The van der Waals surface area contributed by atoms with Crippen LogP contribution in [0.5, 0.6) is 0 Å². The summed E-state index contributed by atoms with van der Waals surface area (Å²) in [6, 6.07) is 14.2. The highest BCUT2D eigenvalue weighted by Gasteiger charge is 2.16. The number of benzene rings is 2. The van der Waals surface area contributed by atoms with Crippen LogP contribution in [0, 0.1) is 0 Å². The predicted molar refractivity (Wildman–Crippen MR) is 88.8 cm³/mol. The smallest absolute Gasteiger partial charge is 0.0724 e. The SMILES string of the molecule is CC(C)c1ccc(C(NN)c2ccc(Br)cc2Cl)cc1. The molecule has 0 aliphatic rings. The van der Waals surface area contributed by atoms with Gasteiger partial charge in [-0.15, -0.1) is 0 Å². The summed E-state index contributed by atoms with van der Waals surface area (Å²) in [7, 11) is 0. The van der Waals surface area contributed by atoms with Gasteiger partial charge in [-0.3, -0.25) is 5.84 Å². The molecule has 0 amide bonds. The zero-order valence-corrected chi connectivity index (χ0v) is 13.9. The standard InChI is InChI=1S/C16H18BrClN2/c1-10(2)11-3-5-12(6-4-11)16(20-19)14-8-7-13(17)9-15(14)18/h3-10,16,20H,19H2,1-2H3. The highest BCUT2D eigenvalue weighted by molar-refractivity contribution is 9.10. The average molecular weight is 354 g/mol. The summed E-state index contributed by atoms with van der Waals surface area (Å²) >= 11 is 9.72. The maximum absolute atomic E-state index is 6.31. The summed E-state index contributed by atoms with van der Waals surface area (Å²) in [6.07, 6.45) is 0. The molecule has 2 aromatic rings. The molecule has 0 aromatic heterocycles. The number of rotatable bonds is 4. The monoisotopic (exact) mass is 352 g/mol. The molecule has 0 saturated carbocycles. The van der Waals surface area contributed by atoms with Gasteiger partial charge in [-0.1, -0.05) is 71.7 Å². The van der Waals surface area contributed by atoms with Gasteiger partial charge in [-0.05, 0) is 34.7 Å². The Hall–Kier alpha value is -0.870. The number of nitrogens with one attached hydrogen (secondary N) is 1. The van der Waals surface area contributed by atoms with Crippen molar-refractivity contribution >= 4 is 27.5 Å². The number of hydrogen-bond acceptors (Lipinski definition) is 2. The highest BCUT2D eigenvalue weighted by atomic mass is 79.9. The van der Waals surface area contributed by atoms with E-state index in [-0.39, 0.29) is 6.04 Å². The van der Waals surface area contributed by atoms with E-state index in [1.54, 1.807) is 0 Å². The fraction of sp³-hybridized carbons (Fsp3) is 0.250. The van der Waals surface area contributed by atoms with Gasteiger partial charge in [0.2, 0.25) is 0 Å². The third kappa shape index (κ3) is 3.41. The summed E-state index contributed by atoms with van der Waals surface area (Å²) in [4.78, 5) is 0. The second kappa shape index (κ2) is 6.72. The summed E-state index contributed by atoms with van der Waals surface area (Å²) in [6.45, 7) is 4.36. The maximum atomic E-state index is 6.31. The zero-order valence-electron chi connectivity index (χ0n) is 11.5. The van der Waals surface area contributed by atoms with Crippen molar-refractivity contribution in [2.24, 2.45) is 5.84 Å². The first-order chi connectivity index (χ1) is 9.52. The van der Waals surface area contributed by atoms with E-state index in [1.165, 1.54) is 5.56 Å². The third-order valence-electron chi connectivity index (χ3n) is 3.38. The molecule has 4 heteroatoms. The summed E-state index contributed by atoms with van der Waals surface area (Å²) in [5.41, 5.74) is 6.22. The molecule has 20 heavy (non-hydrogen) atoms. The van der Waals surface area contributed by atoms with Crippen molar-refractivity contribution in [2.75, 3.05) is 0 Å². The van der Waals surface area contributed by atoms with Crippen molar-refractivity contribution in [1.82, 2.24) is 5.43 Å². The Labute approximate surface area is 133 Å². The minimum absolute atomic E-state index is 0.114. The Balaban J connectivity index is 2.36. The van der Waals surface area contributed by atoms with Crippen molar-refractivity contribution in [3.63, 3.8) is 0 Å². The Morgan fingerprint density at radius 1 is 1.05 bits per heavy atom. The minimum atomic E-state index is -0.114. The quantitative estimate of drug-likeness (QED) is 0.613. The van der Waals surface area contributed by atoms with Gasteiger partial charge in [-0.25, -0.2) is 5.43 Å². The van der Waals surface area contributed by atoms with Crippen LogP contribution in [0.15, 0.2) is 46.9 Å². The van der Waals surface area contributed by atoms with Crippen LogP contribution in [0.3, 0.4) is 0 Å². The van der Waals surface area contributed by atoms with Gasteiger partial charge in [0, 0.05) is 9.50 Å². The van der Waals surface area contributed by atoms with Crippen LogP contribution in [-0.4, -0.2) is 0 Å². The zero-order chi connectivity index (χ0) is 14.7. The molecular formula is C16H18BrClN2. The minimum Gasteiger partial charge on any atom is -0.271 e.